The fourth-order valence-electron chi connectivity index (χ4n) is 3.63. The van der Waals surface area contributed by atoms with Gasteiger partial charge in [0.15, 0.2) is 0 Å². The van der Waals surface area contributed by atoms with Crippen molar-refractivity contribution in [2.75, 3.05) is 38.3 Å². The number of pyridine rings is 1. The van der Waals surface area contributed by atoms with Crippen LogP contribution in [0, 0.1) is 5.82 Å². The first-order valence-corrected chi connectivity index (χ1v) is 10.3. The summed E-state index contributed by atoms with van der Waals surface area (Å²) in [6.07, 6.45) is 3.64. The second-order valence-electron chi connectivity index (χ2n) is 7.42. The molecule has 162 valence electrons. The number of anilines is 1. The molecule has 0 spiro atoms. The highest BCUT2D eigenvalue weighted by molar-refractivity contribution is 6.30. The van der Waals surface area contributed by atoms with Gasteiger partial charge in [-0.25, -0.2) is 9.37 Å². The quantitative estimate of drug-likeness (QED) is 0.607. The van der Waals surface area contributed by atoms with Crippen LogP contribution in [0.3, 0.4) is 0 Å². The summed E-state index contributed by atoms with van der Waals surface area (Å²) in [7, 11) is 3.61. The molecule has 1 aromatic carbocycles. The Morgan fingerprint density at radius 1 is 1.13 bits per heavy atom. The van der Waals surface area contributed by atoms with Crippen molar-refractivity contribution >= 4 is 23.3 Å². The summed E-state index contributed by atoms with van der Waals surface area (Å²) in [5.74, 6) is 0.131. The first-order valence-electron chi connectivity index (χ1n) is 9.95. The molecule has 0 N–H and O–H groups in total. The van der Waals surface area contributed by atoms with Gasteiger partial charge >= 0.3 is 0 Å². The van der Waals surface area contributed by atoms with Gasteiger partial charge in [-0.15, -0.1) is 0 Å². The van der Waals surface area contributed by atoms with Crippen molar-refractivity contribution in [2.45, 2.75) is 6.54 Å². The van der Waals surface area contributed by atoms with Gasteiger partial charge in [-0.2, -0.15) is 5.10 Å². The molecule has 0 radical (unpaired) electrons. The number of carbonyl (C=O) groups is 1. The monoisotopic (exact) mass is 443 g/mol. The summed E-state index contributed by atoms with van der Waals surface area (Å²) in [5.41, 5.74) is 2.28. The highest BCUT2D eigenvalue weighted by atomic mass is 35.5. The van der Waals surface area contributed by atoms with Crippen molar-refractivity contribution in [1.29, 1.82) is 0 Å². The van der Waals surface area contributed by atoms with Gasteiger partial charge in [0.2, 0.25) is 0 Å². The molecule has 0 aliphatic carbocycles. The first-order chi connectivity index (χ1) is 14.9. The number of benzene rings is 1. The van der Waals surface area contributed by atoms with Gasteiger partial charge in [0.1, 0.15) is 17.3 Å². The summed E-state index contributed by atoms with van der Waals surface area (Å²) in [5, 5.41) is 4.17. The number of fused-ring (bicyclic) bond motifs is 1. The van der Waals surface area contributed by atoms with E-state index in [0.29, 0.717) is 60.5 Å². The number of carbonyl (C=O) groups excluding carboxylic acids is 1. The lowest BCUT2D eigenvalue weighted by Gasteiger charge is -2.28. The van der Waals surface area contributed by atoms with Crippen molar-refractivity contribution in [2.24, 2.45) is 7.05 Å². The maximum atomic E-state index is 14.5. The predicted molar refractivity (Wildman–Crippen MR) is 117 cm³/mol. The second-order valence-corrected chi connectivity index (χ2v) is 7.86. The summed E-state index contributed by atoms with van der Waals surface area (Å²) in [4.78, 5) is 20.7. The van der Waals surface area contributed by atoms with Crippen LogP contribution in [0.25, 0.3) is 11.1 Å². The number of nitrogens with zero attached hydrogens (tertiary/aromatic N) is 5. The van der Waals surface area contributed by atoms with E-state index in [1.165, 1.54) is 6.07 Å². The number of aryl methyl sites for hydroxylation is 1. The number of aromatic nitrogens is 3. The van der Waals surface area contributed by atoms with E-state index in [4.69, 9.17) is 16.3 Å². The van der Waals surface area contributed by atoms with Crippen LogP contribution in [0.5, 0.6) is 0 Å². The number of amides is 1. The summed E-state index contributed by atoms with van der Waals surface area (Å²) in [6.45, 7) is 3.02. The molecule has 1 fully saturated rings. The van der Waals surface area contributed by atoms with Crippen LogP contribution in [-0.2, 0) is 18.3 Å². The van der Waals surface area contributed by atoms with Crippen LogP contribution >= 0.6 is 11.6 Å². The van der Waals surface area contributed by atoms with E-state index in [1.54, 1.807) is 35.0 Å². The van der Waals surface area contributed by atoms with Crippen molar-refractivity contribution in [3.63, 3.8) is 0 Å². The summed E-state index contributed by atoms with van der Waals surface area (Å²) in [6, 6.07) is 8.35. The smallest absolute Gasteiger partial charge is 0.272 e. The van der Waals surface area contributed by atoms with Crippen molar-refractivity contribution in [3.8, 4) is 11.1 Å². The number of halogens is 2. The zero-order valence-electron chi connectivity index (χ0n) is 17.4. The van der Waals surface area contributed by atoms with Gasteiger partial charge in [0.05, 0.1) is 13.2 Å². The third-order valence-electron chi connectivity index (χ3n) is 5.25. The van der Waals surface area contributed by atoms with Crippen LogP contribution in [0.4, 0.5) is 10.2 Å². The molecule has 31 heavy (non-hydrogen) atoms. The Hall–Kier alpha value is -2.97. The minimum absolute atomic E-state index is 0.138. The van der Waals surface area contributed by atoms with E-state index in [0.717, 1.165) is 5.56 Å². The highest BCUT2D eigenvalue weighted by Gasteiger charge is 2.31. The zero-order valence-corrected chi connectivity index (χ0v) is 18.1. The first kappa shape index (κ1) is 21.3. The predicted octanol–water partition coefficient (Wildman–Crippen LogP) is 3.38. The molecule has 3 aromatic rings. The Morgan fingerprint density at radius 3 is 2.52 bits per heavy atom. The maximum absolute atomic E-state index is 14.5. The minimum Gasteiger partial charge on any atom is -0.378 e. The highest BCUT2D eigenvalue weighted by Crippen LogP contribution is 2.36. The van der Waals surface area contributed by atoms with E-state index in [2.05, 4.69) is 15.0 Å². The topological polar surface area (TPSA) is 63.5 Å². The van der Waals surface area contributed by atoms with Gasteiger partial charge in [-0.1, -0.05) is 11.6 Å². The van der Waals surface area contributed by atoms with E-state index < -0.39 is 5.82 Å². The molecule has 2 aliphatic heterocycles. The number of ether oxygens (including phenoxy) is 1. The van der Waals surface area contributed by atoms with Crippen LogP contribution in [0.1, 0.15) is 16.1 Å². The van der Waals surface area contributed by atoms with E-state index >= 15 is 0 Å². The fraction of sp³-hybridized carbons (Fsp3) is 0.318. The van der Waals surface area contributed by atoms with Crippen molar-refractivity contribution < 1.29 is 13.9 Å². The average Bonchev–Trinajstić information content (AvgIpc) is 3.36. The third kappa shape index (κ3) is 4.55. The Kier molecular flexibility index (Phi) is 6.20. The van der Waals surface area contributed by atoms with Crippen LogP contribution in [0.15, 0.2) is 42.7 Å². The normalized spacial score (nSPS) is 15.5. The third-order valence-corrected chi connectivity index (χ3v) is 5.48. The Labute approximate surface area is 185 Å². The molecular formula is C22H23ClFN5O2. The van der Waals surface area contributed by atoms with Crippen LogP contribution in [0.2, 0.25) is 5.02 Å². The Balaban J connectivity index is 0.000000334. The molecule has 2 aromatic heterocycles. The standard InChI is InChI=1S/C18H17ClFN3O2.C4H6N2/c1-22-10-14-13(12-3-2-11(19)8-15(12)20)9-16(21-17(14)18(22)24)23-4-6-25-7-5-23;1-6-4-2-3-5-6/h2-3,8-9H,4-7,10H2,1H3;2-4H,1H3. The largest absolute Gasteiger partial charge is 0.378 e. The van der Waals surface area contributed by atoms with E-state index in [-0.39, 0.29) is 5.91 Å². The number of hydrogen-bond donors (Lipinski definition) is 0. The van der Waals surface area contributed by atoms with Gasteiger partial charge < -0.3 is 14.5 Å². The molecule has 0 atom stereocenters. The van der Waals surface area contributed by atoms with Gasteiger partial charge in [0.25, 0.3) is 5.91 Å². The van der Waals surface area contributed by atoms with Crippen LogP contribution < -0.4 is 4.90 Å². The summed E-state index contributed by atoms with van der Waals surface area (Å²) >= 11 is 5.88. The van der Waals surface area contributed by atoms with E-state index in [1.807, 2.05) is 25.4 Å². The molecular weight excluding hydrogens is 421 g/mol. The minimum atomic E-state index is -0.407. The van der Waals surface area contributed by atoms with Gasteiger partial charge in [-0.3, -0.25) is 9.48 Å². The van der Waals surface area contributed by atoms with Crippen molar-refractivity contribution in [3.05, 3.63) is 64.8 Å². The average molecular weight is 444 g/mol. The lowest BCUT2D eigenvalue weighted by Crippen LogP contribution is -2.37. The lowest BCUT2D eigenvalue weighted by atomic mass is 9.99. The number of hydrogen-bond acceptors (Lipinski definition) is 5. The zero-order chi connectivity index (χ0) is 22.0. The maximum Gasteiger partial charge on any atom is 0.272 e. The lowest BCUT2D eigenvalue weighted by molar-refractivity contribution is 0.0812. The molecule has 2 aliphatic rings. The van der Waals surface area contributed by atoms with Gasteiger partial charge in [-0.05, 0) is 35.9 Å². The van der Waals surface area contributed by atoms with E-state index in [9.17, 15) is 9.18 Å². The SMILES string of the molecule is CN1Cc2c(-c3ccc(Cl)cc3F)cc(N3CCOCC3)nc2C1=O.Cn1cccn1. The summed E-state index contributed by atoms with van der Waals surface area (Å²) < 4.78 is 21.7. The molecule has 9 heteroatoms. The fourth-order valence-corrected chi connectivity index (χ4v) is 3.79. The van der Waals surface area contributed by atoms with Gasteiger partial charge in [0, 0.05) is 62.3 Å². The molecule has 1 saturated heterocycles. The molecule has 0 saturated carbocycles. The molecule has 5 rings (SSSR count). The number of morpholine rings is 1. The number of rotatable bonds is 2. The molecule has 0 unspecified atom stereocenters. The second kappa shape index (κ2) is 9.03. The molecule has 0 bridgehead atoms. The molecule has 1 amide bonds. The Bertz CT molecular complexity index is 1080. The van der Waals surface area contributed by atoms with Crippen molar-refractivity contribution in [1.82, 2.24) is 19.7 Å². The Morgan fingerprint density at radius 2 is 1.90 bits per heavy atom. The molecule has 7 nitrogen and oxygen atoms in total. The molecule has 4 heterocycles. The van der Waals surface area contributed by atoms with Crippen LogP contribution in [-0.4, -0.2) is 58.9 Å².